The average Bonchev–Trinajstić information content (AvgIpc) is 2.69. The van der Waals surface area contributed by atoms with Gasteiger partial charge in [0.05, 0.1) is 7.11 Å². The van der Waals surface area contributed by atoms with E-state index < -0.39 is 0 Å². The van der Waals surface area contributed by atoms with E-state index in [1.165, 1.54) is 7.11 Å². The molecule has 0 saturated carbocycles. The molecule has 2 amide bonds. The molecule has 0 radical (unpaired) electrons. The summed E-state index contributed by atoms with van der Waals surface area (Å²) >= 11 is 0. The van der Waals surface area contributed by atoms with E-state index in [4.69, 9.17) is 0 Å². The summed E-state index contributed by atoms with van der Waals surface area (Å²) in [7, 11) is 1.34. The third kappa shape index (κ3) is 3.24. The largest absolute Gasteiger partial charge is 0.469 e. The number of nitrogens with zero attached hydrogens (tertiary/aromatic N) is 1. The van der Waals surface area contributed by atoms with E-state index in [9.17, 15) is 14.4 Å². The van der Waals surface area contributed by atoms with Crippen LogP contribution in [0.1, 0.15) is 38.5 Å². The Morgan fingerprint density at radius 1 is 1.32 bits per heavy atom. The molecule has 2 fully saturated rings. The van der Waals surface area contributed by atoms with Crippen LogP contribution in [0.4, 0.5) is 0 Å². The van der Waals surface area contributed by atoms with Crippen LogP contribution in [0, 0.1) is 0 Å². The number of hydrogen-bond donors (Lipinski definition) is 1. The third-order valence-electron chi connectivity index (χ3n) is 3.86. The van der Waals surface area contributed by atoms with Crippen LogP contribution in [0.2, 0.25) is 0 Å². The van der Waals surface area contributed by atoms with Crippen LogP contribution in [0.3, 0.4) is 0 Å². The maximum Gasteiger partial charge on any atom is 0.305 e. The Kier molecular flexibility index (Phi) is 4.39. The summed E-state index contributed by atoms with van der Waals surface area (Å²) in [4.78, 5) is 36.6. The summed E-state index contributed by atoms with van der Waals surface area (Å²) < 4.78 is 4.55. The molecule has 0 unspecified atom stereocenters. The summed E-state index contributed by atoms with van der Waals surface area (Å²) in [6.07, 6.45) is 3.37. The van der Waals surface area contributed by atoms with E-state index in [2.05, 4.69) is 10.1 Å². The molecule has 0 aromatic carbocycles. The number of ether oxygens (including phenoxy) is 1. The van der Waals surface area contributed by atoms with Crippen molar-refractivity contribution in [3.8, 4) is 0 Å². The van der Waals surface area contributed by atoms with Gasteiger partial charge in [-0.3, -0.25) is 14.4 Å². The van der Waals surface area contributed by atoms with Crippen LogP contribution in [0.15, 0.2) is 0 Å². The fourth-order valence-corrected chi connectivity index (χ4v) is 2.90. The van der Waals surface area contributed by atoms with Crippen LogP contribution in [-0.4, -0.2) is 48.4 Å². The lowest BCUT2D eigenvalue weighted by atomic mass is 10.1. The Morgan fingerprint density at radius 3 is 2.79 bits per heavy atom. The van der Waals surface area contributed by atoms with E-state index in [-0.39, 0.29) is 36.3 Å². The topological polar surface area (TPSA) is 75.7 Å². The zero-order chi connectivity index (χ0) is 13.8. The maximum atomic E-state index is 12.2. The van der Waals surface area contributed by atoms with Gasteiger partial charge in [-0.15, -0.1) is 0 Å². The Hall–Kier alpha value is -1.59. The van der Waals surface area contributed by atoms with Crippen molar-refractivity contribution in [2.75, 3.05) is 13.7 Å². The Balaban J connectivity index is 1.88. The Bertz CT molecular complexity index is 383. The van der Waals surface area contributed by atoms with E-state index in [1.54, 1.807) is 0 Å². The second-order valence-electron chi connectivity index (χ2n) is 5.12. The van der Waals surface area contributed by atoms with Gasteiger partial charge >= 0.3 is 5.97 Å². The van der Waals surface area contributed by atoms with Crippen molar-refractivity contribution in [3.05, 3.63) is 0 Å². The maximum absolute atomic E-state index is 12.2. The molecule has 2 atom stereocenters. The van der Waals surface area contributed by atoms with Crippen molar-refractivity contribution in [2.24, 2.45) is 0 Å². The molecule has 106 valence electrons. The van der Waals surface area contributed by atoms with Crippen molar-refractivity contribution >= 4 is 17.8 Å². The molecule has 2 saturated heterocycles. The van der Waals surface area contributed by atoms with Gasteiger partial charge in [0.15, 0.2) is 0 Å². The van der Waals surface area contributed by atoms with Crippen LogP contribution in [0.25, 0.3) is 0 Å². The highest BCUT2D eigenvalue weighted by atomic mass is 16.5. The molecule has 0 aromatic heterocycles. The number of hydrogen-bond acceptors (Lipinski definition) is 4. The number of esters is 1. The Labute approximate surface area is 112 Å². The first-order valence-electron chi connectivity index (χ1n) is 6.76. The summed E-state index contributed by atoms with van der Waals surface area (Å²) in [5.74, 6) is -0.212. The second-order valence-corrected chi connectivity index (χ2v) is 5.12. The van der Waals surface area contributed by atoms with Gasteiger partial charge in [0.25, 0.3) is 0 Å². The van der Waals surface area contributed by atoms with Crippen LogP contribution in [0.5, 0.6) is 0 Å². The van der Waals surface area contributed by atoms with E-state index in [0.29, 0.717) is 25.8 Å². The average molecular weight is 268 g/mol. The lowest BCUT2D eigenvalue weighted by Crippen LogP contribution is -2.42. The van der Waals surface area contributed by atoms with Gasteiger partial charge in [0.2, 0.25) is 11.8 Å². The minimum Gasteiger partial charge on any atom is -0.469 e. The van der Waals surface area contributed by atoms with Gasteiger partial charge in [0.1, 0.15) is 0 Å². The zero-order valence-electron chi connectivity index (χ0n) is 11.2. The first-order valence-corrected chi connectivity index (χ1v) is 6.76. The predicted octanol–water partition coefficient (Wildman–Crippen LogP) is 0.209. The molecule has 0 aliphatic carbocycles. The van der Waals surface area contributed by atoms with Gasteiger partial charge in [-0.1, -0.05) is 0 Å². The molecule has 2 rings (SSSR count). The highest BCUT2D eigenvalue weighted by molar-refractivity contribution is 5.82. The number of carbonyl (C=O) groups is 3. The van der Waals surface area contributed by atoms with E-state index >= 15 is 0 Å². The molecule has 2 heterocycles. The number of nitrogens with one attached hydrogen (secondary N) is 1. The predicted molar refractivity (Wildman–Crippen MR) is 67.1 cm³/mol. The fraction of sp³-hybridized carbons (Fsp3) is 0.769. The number of methoxy groups -OCH3 is 1. The SMILES string of the molecule is COC(=O)CCCC(=O)N1[C@@H]2CC[C@H]1CNC(=O)C2. The first-order chi connectivity index (χ1) is 9.11. The van der Waals surface area contributed by atoms with Crippen LogP contribution < -0.4 is 5.32 Å². The lowest BCUT2D eigenvalue weighted by molar-refractivity contribution is -0.141. The zero-order valence-corrected chi connectivity index (χ0v) is 11.2. The number of fused-ring (bicyclic) bond motifs is 2. The van der Waals surface area contributed by atoms with Crippen molar-refractivity contribution in [2.45, 2.75) is 50.6 Å². The molecular formula is C13H20N2O4. The highest BCUT2D eigenvalue weighted by Crippen LogP contribution is 2.29. The molecule has 19 heavy (non-hydrogen) atoms. The smallest absolute Gasteiger partial charge is 0.305 e. The fourth-order valence-electron chi connectivity index (χ4n) is 2.90. The van der Waals surface area contributed by atoms with Crippen molar-refractivity contribution in [1.29, 1.82) is 0 Å². The quantitative estimate of drug-likeness (QED) is 0.739. The van der Waals surface area contributed by atoms with Crippen molar-refractivity contribution in [1.82, 2.24) is 10.2 Å². The van der Waals surface area contributed by atoms with Crippen LogP contribution in [-0.2, 0) is 19.1 Å². The molecule has 2 aliphatic rings. The van der Waals surface area contributed by atoms with Crippen molar-refractivity contribution < 1.29 is 19.1 Å². The molecule has 0 spiro atoms. The third-order valence-corrected chi connectivity index (χ3v) is 3.86. The normalized spacial score (nSPS) is 25.7. The van der Waals surface area contributed by atoms with Gasteiger partial charge in [-0.05, 0) is 19.3 Å². The van der Waals surface area contributed by atoms with Gasteiger partial charge in [0, 0.05) is 37.9 Å². The molecular weight excluding hydrogens is 248 g/mol. The van der Waals surface area contributed by atoms with Gasteiger partial charge in [-0.2, -0.15) is 0 Å². The lowest BCUT2D eigenvalue weighted by Gasteiger charge is -2.27. The number of rotatable bonds is 4. The molecule has 2 aliphatic heterocycles. The molecule has 6 nitrogen and oxygen atoms in total. The molecule has 6 heteroatoms. The van der Waals surface area contributed by atoms with Crippen LogP contribution >= 0.6 is 0 Å². The second kappa shape index (κ2) is 6.04. The van der Waals surface area contributed by atoms with Crippen molar-refractivity contribution in [3.63, 3.8) is 0 Å². The summed E-state index contributed by atoms with van der Waals surface area (Å²) in [5.41, 5.74) is 0. The monoisotopic (exact) mass is 268 g/mol. The summed E-state index contributed by atoms with van der Waals surface area (Å²) in [6, 6.07) is 0.167. The standard InChI is InChI=1S/C13H20N2O4/c1-19-13(18)4-2-3-12(17)15-9-5-6-10(15)8-14-11(16)7-9/h9-10H,2-8H2,1H3,(H,14,16)/t9-,10+/m1/s1. The molecule has 0 aromatic rings. The van der Waals surface area contributed by atoms with Gasteiger partial charge < -0.3 is 15.0 Å². The molecule has 1 N–H and O–H groups in total. The van der Waals surface area contributed by atoms with E-state index in [1.807, 2.05) is 4.90 Å². The highest BCUT2D eigenvalue weighted by Gasteiger charge is 2.39. The number of amides is 2. The minimum absolute atomic E-state index is 0.0274. The van der Waals surface area contributed by atoms with E-state index in [0.717, 1.165) is 12.8 Å². The minimum atomic E-state index is -0.288. The Morgan fingerprint density at radius 2 is 2.05 bits per heavy atom. The molecule has 2 bridgehead atoms. The van der Waals surface area contributed by atoms with Gasteiger partial charge in [-0.25, -0.2) is 0 Å². The number of carbonyl (C=O) groups excluding carboxylic acids is 3. The first kappa shape index (κ1) is 13.8. The summed E-state index contributed by atoms with van der Waals surface area (Å²) in [5, 5.41) is 2.84. The summed E-state index contributed by atoms with van der Waals surface area (Å²) in [6.45, 7) is 0.554.